The minimum atomic E-state index is -3.54. The molecule has 0 unspecified atom stereocenters. The lowest BCUT2D eigenvalue weighted by molar-refractivity contribution is -0.595. The summed E-state index contributed by atoms with van der Waals surface area (Å²) in [6, 6.07) is 2.79. The topological polar surface area (TPSA) is 96.1 Å². The van der Waals surface area contributed by atoms with Gasteiger partial charge >= 0.3 is 0 Å². The molecule has 0 atom stereocenters. The van der Waals surface area contributed by atoms with Gasteiger partial charge in [-0.25, -0.2) is 18.4 Å². The van der Waals surface area contributed by atoms with E-state index < -0.39 is 9.84 Å². The van der Waals surface area contributed by atoms with Crippen molar-refractivity contribution in [3.05, 3.63) is 35.9 Å². The molecular formula is C14H17N3O4S. The molecular weight excluding hydrogens is 306 g/mol. The predicted octanol–water partition coefficient (Wildman–Crippen LogP) is 1.36. The summed E-state index contributed by atoms with van der Waals surface area (Å²) in [5, 5.41) is 12.0. The van der Waals surface area contributed by atoms with Gasteiger partial charge in [0.15, 0.2) is 21.7 Å². The van der Waals surface area contributed by atoms with Crippen molar-refractivity contribution in [2.75, 3.05) is 12.4 Å². The Kier molecular flexibility index (Phi) is 4.92. The molecule has 2 rings (SSSR count). The van der Waals surface area contributed by atoms with Crippen molar-refractivity contribution < 1.29 is 17.9 Å². The number of rotatable bonds is 6. The molecule has 0 aliphatic rings. The van der Waals surface area contributed by atoms with Gasteiger partial charge in [-0.3, -0.25) is 0 Å². The van der Waals surface area contributed by atoms with Gasteiger partial charge < -0.3 is 9.94 Å². The maximum Gasteiger partial charge on any atom is 0.262 e. The smallest absolute Gasteiger partial charge is 0.262 e. The van der Waals surface area contributed by atoms with E-state index in [0.29, 0.717) is 17.2 Å². The molecule has 0 aromatic carbocycles. The Hall–Kier alpha value is -2.22. The van der Waals surface area contributed by atoms with Crippen molar-refractivity contribution in [2.24, 2.45) is 0 Å². The Morgan fingerprint density at radius 1 is 1.27 bits per heavy atom. The molecule has 0 saturated heterocycles. The first-order chi connectivity index (χ1) is 10.5. The van der Waals surface area contributed by atoms with Crippen molar-refractivity contribution >= 4 is 9.84 Å². The number of nitrogens with zero attached hydrogens (tertiary/aromatic N) is 3. The minimum absolute atomic E-state index is 0.0288. The number of aromatic nitrogens is 3. The molecule has 0 fully saturated rings. The first-order valence-corrected chi connectivity index (χ1v) is 8.55. The molecule has 2 heterocycles. The third-order valence-electron chi connectivity index (χ3n) is 2.96. The van der Waals surface area contributed by atoms with Gasteiger partial charge in [-0.05, 0) is 12.5 Å². The van der Waals surface area contributed by atoms with Gasteiger partial charge in [-0.15, -0.1) is 0 Å². The molecule has 0 aliphatic carbocycles. The maximum atomic E-state index is 12.1. The van der Waals surface area contributed by atoms with Gasteiger partial charge in [0.05, 0.1) is 24.8 Å². The molecule has 0 saturated carbocycles. The Morgan fingerprint density at radius 3 is 2.64 bits per heavy atom. The van der Waals surface area contributed by atoms with E-state index in [4.69, 9.17) is 4.74 Å². The predicted molar refractivity (Wildman–Crippen MR) is 79.9 cm³/mol. The number of pyridine rings is 1. The zero-order valence-electron chi connectivity index (χ0n) is 12.4. The lowest BCUT2D eigenvalue weighted by Crippen LogP contribution is -2.31. The van der Waals surface area contributed by atoms with E-state index in [2.05, 4.69) is 9.97 Å². The molecule has 0 amide bonds. The van der Waals surface area contributed by atoms with Crippen LogP contribution >= 0.6 is 0 Å². The highest BCUT2D eigenvalue weighted by Crippen LogP contribution is 2.23. The largest absolute Gasteiger partial charge is 0.618 e. The van der Waals surface area contributed by atoms with Crippen LogP contribution in [0.3, 0.4) is 0 Å². The summed E-state index contributed by atoms with van der Waals surface area (Å²) in [5.41, 5.74) is 0.158. The lowest BCUT2D eigenvalue weighted by atomic mass is 10.3. The maximum absolute atomic E-state index is 12.1. The van der Waals surface area contributed by atoms with Gasteiger partial charge in [-0.2, -0.15) is 4.73 Å². The standard InChI is InChI=1S/C14H17N3O4S/c1-3-8-21-13-10-15-11(9-16-13)14-12(22(19,20)4-2)6-5-7-17(14)18/h5-7,9-10H,3-4,8H2,1-2H3. The van der Waals surface area contributed by atoms with Crippen LogP contribution in [0.4, 0.5) is 0 Å². The molecule has 22 heavy (non-hydrogen) atoms. The monoisotopic (exact) mass is 323 g/mol. The second-order valence-corrected chi connectivity index (χ2v) is 6.79. The Bertz CT molecular complexity index is 745. The van der Waals surface area contributed by atoms with Crippen molar-refractivity contribution in [1.82, 2.24) is 9.97 Å². The van der Waals surface area contributed by atoms with E-state index in [1.54, 1.807) is 0 Å². The number of ether oxygens (including phenoxy) is 1. The van der Waals surface area contributed by atoms with Crippen molar-refractivity contribution in [1.29, 1.82) is 0 Å². The second-order valence-electron chi connectivity index (χ2n) is 4.54. The van der Waals surface area contributed by atoms with E-state index in [9.17, 15) is 13.6 Å². The van der Waals surface area contributed by atoms with Gasteiger partial charge in [-0.1, -0.05) is 13.8 Å². The number of sulfone groups is 1. The van der Waals surface area contributed by atoms with Crippen LogP contribution in [0, 0.1) is 5.21 Å². The summed E-state index contributed by atoms with van der Waals surface area (Å²) < 4.78 is 30.1. The summed E-state index contributed by atoms with van der Waals surface area (Å²) in [5.74, 6) is 0.230. The third-order valence-corrected chi connectivity index (χ3v) is 4.72. The Labute approximate surface area is 129 Å². The normalized spacial score (nSPS) is 11.4. The zero-order valence-corrected chi connectivity index (χ0v) is 13.2. The lowest BCUT2D eigenvalue weighted by Gasteiger charge is -2.09. The van der Waals surface area contributed by atoms with Crippen LogP contribution in [0.2, 0.25) is 0 Å². The van der Waals surface area contributed by atoms with E-state index in [1.807, 2.05) is 6.92 Å². The fourth-order valence-corrected chi connectivity index (χ4v) is 2.92. The molecule has 2 aromatic rings. The van der Waals surface area contributed by atoms with Crippen LogP contribution in [0.15, 0.2) is 35.6 Å². The van der Waals surface area contributed by atoms with Crippen molar-refractivity contribution in [3.8, 4) is 17.3 Å². The highest BCUT2D eigenvalue weighted by atomic mass is 32.2. The highest BCUT2D eigenvalue weighted by Gasteiger charge is 2.25. The van der Waals surface area contributed by atoms with Crippen molar-refractivity contribution in [2.45, 2.75) is 25.2 Å². The van der Waals surface area contributed by atoms with Gasteiger partial charge in [0.25, 0.3) is 5.69 Å². The Balaban J connectivity index is 2.48. The van der Waals surface area contributed by atoms with Crippen LogP contribution in [-0.2, 0) is 9.84 Å². The Morgan fingerprint density at radius 2 is 2.05 bits per heavy atom. The van der Waals surface area contributed by atoms with E-state index in [-0.39, 0.29) is 22.0 Å². The second kappa shape index (κ2) is 6.69. The summed E-state index contributed by atoms with van der Waals surface area (Å²) in [6.07, 6.45) is 4.78. The molecule has 0 spiro atoms. The molecule has 2 aromatic heterocycles. The number of hydrogen-bond donors (Lipinski definition) is 0. The average molecular weight is 323 g/mol. The summed E-state index contributed by atoms with van der Waals surface area (Å²) >= 11 is 0. The van der Waals surface area contributed by atoms with Crippen LogP contribution < -0.4 is 9.47 Å². The van der Waals surface area contributed by atoms with Crippen LogP contribution in [-0.4, -0.2) is 30.7 Å². The zero-order chi connectivity index (χ0) is 16.2. The van der Waals surface area contributed by atoms with Gasteiger partial charge in [0, 0.05) is 6.07 Å². The van der Waals surface area contributed by atoms with E-state index in [1.165, 1.54) is 37.6 Å². The van der Waals surface area contributed by atoms with Crippen LogP contribution in [0.1, 0.15) is 20.3 Å². The molecule has 0 bridgehead atoms. The first-order valence-electron chi connectivity index (χ1n) is 6.89. The van der Waals surface area contributed by atoms with E-state index >= 15 is 0 Å². The fourth-order valence-electron chi connectivity index (χ4n) is 1.84. The summed E-state index contributed by atoms with van der Waals surface area (Å²) in [7, 11) is -3.54. The molecule has 0 N–H and O–H groups in total. The molecule has 118 valence electrons. The number of hydrogen-bond acceptors (Lipinski definition) is 6. The fraction of sp³-hybridized carbons (Fsp3) is 0.357. The van der Waals surface area contributed by atoms with Crippen molar-refractivity contribution in [3.63, 3.8) is 0 Å². The van der Waals surface area contributed by atoms with Gasteiger partial charge in [0.1, 0.15) is 4.90 Å². The van der Waals surface area contributed by atoms with Gasteiger partial charge in [0.2, 0.25) is 5.88 Å². The van der Waals surface area contributed by atoms with E-state index in [0.717, 1.165) is 6.42 Å². The quantitative estimate of drug-likeness (QED) is 0.588. The SMILES string of the molecule is CCCOc1cnc(-c2c(S(=O)(=O)CC)ccc[n+]2[O-])cn1. The highest BCUT2D eigenvalue weighted by molar-refractivity contribution is 7.91. The summed E-state index contributed by atoms with van der Waals surface area (Å²) in [6.45, 7) is 4.00. The molecule has 0 aliphatic heterocycles. The average Bonchev–Trinajstić information content (AvgIpc) is 2.53. The first kappa shape index (κ1) is 16.2. The minimum Gasteiger partial charge on any atom is -0.618 e. The van der Waals surface area contributed by atoms with Crippen LogP contribution in [0.25, 0.3) is 11.4 Å². The molecule has 7 nitrogen and oxygen atoms in total. The molecule has 8 heteroatoms. The third kappa shape index (κ3) is 3.33. The summed E-state index contributed by atoms with van der Waals surface area (Å²) in [4.78, 5) is 8.10. The van der Waals surface area contributed by atoms with Crippen LogP contribution in [0.5, 0.6) is 5.88 Å². The molecule has 0 radical (unpaired) electrons.